The first-order valence-corrected chi connectivity index (χ1v) is 8.19. The van der Waals surface area contributed by atoms with E-state index in [0.717, 1.165) is 6.42 Å². The molecule has 132 valence electrons. The third-order valence-electron chi connectivity index (χ3n) is 3.87. The van der Waals surface area contributed by atoms with Crippen molar-refractivity contribution in [1.29, 1.82) is 0 Å². The molecule has 2 aromatic rings. The van der Waals surface area contributed by atoms with Crippen molar-refractivity contribution < 1.29 is 14.3 Å². The minimum atomic E-state index is -0.721. The lowest BCUT2D eigenvalue weighted by Crippen LogP contribution is -2.49. The maximum absolute atomic E-state index is 12.5. The van der Waals surface area contributed by atoms with E-state index < -0.39 is 12.1 Å². The van der Waals surface area contributed by atoms with E-state index in [2.05, 4.69) is 10.6 Å². The van der Waals surface area contributed by atoms with Crippen LogP contribution in [0.25, 0.3) is 0 Å². The molecule has 2 atom stereocenters. The summed E-state index contributed by atoms with van der Waals surface area (Å²) in [5.74, 6) is 0.951. The molecule has 4 N–H and O–H groups in total. The normalized spacial score (nSPS) is 12.7. The van der Waals surface area contributed by atoms with Gasteiger partial charge in [-0.05, 0) is 30.2 Å². The van der Waals surface area contributed by atoms with E-state index in [4.69, 9.17) is 10.5 Å². The van der Waals surface area contributed by atoms with Crippen LogP contribution in [0.5, 0.6) is 11.5 Å². The van der Waals surface area contributed by atoms with Crippen LogP contribution >= 0.6 is 0 Å². The van der Waals surface area contributed by atoms with Gasteiger partial charge in [0.05, 0.1) is 0 Å². The lowest BCUT2D eigenvalue weighted by atomic mass is 9.98. The largest absolute Gasteiger partial charge is 0.457 e. The van der Waals surface area contributed by atoms with Crippen molar-refractivity contribution in [2.45, 2.75) is 26.3 Å². The summed E-state index contributed by atoms with van der Waals surface area (Å²) in [5.41, 5.74) is 5.76. The average molecular weight is 341 g/mol. The van der Waals surface area contributed by atoms with Gasteiger partial charge in [0.25, 0.3) is 0 Å². The summed E-state index contributed by atoms with van der Waals surface area (Å²) >= 11 is 0. The van der Waals surface area contributed by atoms with Crippen molar-refractivity contribution >= 4 is 17.6 Å². The number of hydrogen-bond donors (Lipinski definition) is 3. The number of nitrogens with two attached hydrogens (primary N) is 1. The molecular weight excluding hydrogens is 318 g/mol. The van der Waals surface area contributed by atoms with Crippen LogP contribution in [0.2, 0.25) is 0 Å². The molecule has 2 aromatic carbocycles. The number of primary amides is 1. The van der Waals surface area contributed by atoms with Gasteiger partial charge in [-0.15, -0.1) is 0 Å². The van der Waals surface area contributed by atoms with Gasteiger partial charge in [-0.1, -0.05) is 44.5 Å². The van der Waals surface area contributed by atoms with Gasteiger partial charge in [0.1, 0.15) is 17.5 Å². The Morgan fingerprint density at radius 3 is 2.40 bits per heavy atom. The summed E-state index contributed by atoms with van der Waals surface area (Å²) in [6.45, 7) is 3.83. The fourth-order valence-corrected chi connectivity index (χ4v) is 2.34. The molecular formula is C19H23N3O3. The van der Waals surface area contributed by atoms with Crippen LogP contribution in [0, 0.1) is 5.92 Å². The van der Waals surface area contributed by atoms with Crippen molar-refractivity contribution in [3.05, 3.63) is 54.6 Å². The Morgan fingerprint density at radius 1 is 1.08 bits per heavy atom. The molecule has 0 aliphatic carbocycles. The second-order valence-corrected chi connectivity index (χ2v) is 5.80. The van der Waals surface area contributed by atoms with Crippen LogP contribution < -0.4 is 21.1 Å². The van der Waals surface area contributed by atoms with E-state index in [1.54, 1.807) is 24.3 Å². The van der Waals surface area contributed by atoms with E-state index in [9.17, 15) is 9.59 Å². The second-order valence-electron chi connectivity index (χ2n) is 5.80. The number of anilines is 1. The molecule has 6 nitrogen and oxygen atoms in total. The Morgan fingerprint density at radius 2 is 1.76 bits per heavy atom. The molecule has 0 aliphatic rings. The SMILES string of the molecule is CC[C@@H](C)[C@@H](NC(N)=O)C(=O)Nc1cccc(Oc2ccccc2)c1. The molecule has 0 unspecified atom stereocenters. The predicted octanol–water partition coefficient (Wildman–Crippen LogP) is 3.50. The van der Waals surface area contributed by atoms with Crippen LogP contribution in [0.15, 0.2) is 54.6 Å². The van der Waals surface area contributed by atoms with Gasteiger partial charge < -0.3 is 21.1 Å². The number of carbonyl (C=O) groups is 2. The molecule has 0 saturated carbocycles. The maximum Gasteiger partial charge on any atom is 0.312 e. The highest BCUT2D eigenvalue weighted by Crippen LogP contribution is 2.24. The molecule has 0 spiro atoms. The first-order chi connectivity index (χ1) is 12.0. The fourth-order valence-electron chi connectivity index (χ4n) is 2.34. The van der Waals surface area contributed by atoms with Gasteiger partial charge in [0.2, 0.25) is 5.91 Å². The van der Waals surface area contributed by atoms with Crippen LogP contribution in [0.1, 0.15) is 20.3 Å². The average Bonchev–Trinajstić information content (AvgIpc) is 2.60. The lowest BCUT2D eigenvalue weighted by molar-refractivity contribution is -0.119. The monoisotopic (exact) mass is 341 g/mol. The van der Waals surface area contributed by atoms with Gasteiger partial charge in [0.15, 0.2) is 0 Å². The standard InChI is InChI=1S/C19H23N3O3/c1-3-13(2)17(22-19(20)24)18(23)21-14-8-7-11-16(12-14)25-15-9-5-4-6-10-15/h4-13,17H,3H2,1-2H3,(H,21,23)(H3,20,22,24)/t13-,17-/m1/s1. The topological polar surface area (TPSA) is 93.5 Å². The molecule has 0 aliphatic heterocycles. The highest BCUT2D eigenvalue weighted by Gasteiger charge is 2.25. The lowest BCUT2D eigenvalue weighted by Gasteiger charge is -2.22. The zero-order valence-electron chi connectivity index (χ0n) is 14.4. The number of ether oxygens (including phenoxy) is 1. The summed E-state index contributed by atoms with van der Waals surface area (Å²) in [4.78, 5) is 23.7. The number of benzene rings is 2. The zero-order chi connectivity index (χ0) is 18.2. The highest BCUT2D eigenvalue weighted by atomic mass is 16.5. The number of nitrogens with one attached hydrogen (secondary N) is 2. The van der Waals surface area contributed by atoms with E-state index in [1.807, 2.05) is 44.2 Å². The quantitative estimate of drug-likeness (QED) is 0.719. The fraction of sp³-hybridized carbons (Fsp3) is 0.263. The minimum Gasteiger partial charge on any atom is -0.457 e. The van der Waals surface area contributed by atoms with Crippen molar-refractivity contribution in [2.75, 3.05) is 5.32 Å². The van der Waals surface area contributed by atoms with Gasteiger partial charge in [-0.25, -0.2) is 4.79 Å². The first-order valence-electron chi connectivity index (χ1n) is 8.19. The first kappa shape index (κ1) is 18.3. The molecule has 0 fully saturated rings. The molecule has 0 heterocycles. The third-order valence-corrected chi connectivity index (χ3v) is 3.87. The van der Waals surface area contributed by atoms with Crippen molar-refractivity contribution in [3.8, 4) is 11.5 Å². The number of para-hydroxylation sites is 1. The number of carbonyl (C=O) groups excluding carboxylic acids is 2. The van der Waals surface area contributed by atoms with Crippen LogP contribution in [0.4, 0.5) is 10.5 Å². The van der Waals surface area contributed by atoms with Crippen molar-refractivity contribution in [1.82, 2.24) is 5.32 Å². The molecule has 25 heavy (non-hydrogen) atoms. The molecule has 6 heteroatoms. The molecule has 0 bridgehead atoms. The number of rotatable bonds is 7. The number of amides is 3. The van der Waals surface area contributed by atoms with Gasteiger partial charge in [0, 0.05) is 11.8 Å². The van der Waals surface area contributed by atoms with E-state index in [0.29, 0.717) is 17.2 Å². The predicted molar refractivity (Wildman–Crippen MR) is 97.5 cm³/mol. The summed E-state index contributed by atoms with van der Waals surface area (Å²) in [5, 5.41) is 5.30. The van der Waals surface area contributed by atoms with E-state index >= 15 is 0 Å². The Balaban J connectivity index is 2.09. The van der Waals surface area contributed by atoms with Crippen molar-refractivity contribution in [3.63, 3.8) is 0 Å². The van der Waals surface area contributed by atoms with Gasteiger partial charge in [-0.2, -0.15) is 0 Å². The zero-order valence-corrected chi connectivity index (χ0v) is 14.4. The van der Waals surface area contributed by atoms with E-state index in [1.165, 1.54) is 0 Å². The molecule has 3 amide bonds. The molecule has 0 aromatic heterocycles. The maximum atomic E-state index is 12.5. The summed E-state index contributed by atoms with van der Waals surface area (Å²) in [6, 6.07) is 15.0. The molecule has 2 rings (SSSR count). The van der Waals surface area contributed by atoms with Crippen molar-refractivity contribution in [2.24, 2.45) is 11.7 Å². The van der Waals surface area contributed by atoms with Crippen LogP contribution in [-0.2, 0) is 4.79 Å². The number of hydrogen-bond acceptors (Lipinski definition) is 3. The summed E-state index contributed by atoms with van der Waals surface area (Å²) in [6.07, 6.45) is 0.732. The van der Waals surface area contributed by atoms with Crippen LogP contribution in [0.3, 0.4) is 0 Å². The Labute approximate surface area is 147 Å². The molecule has 0 radical (unpaired) electrons. The van der Waals surface area contributed by atoms with E-state index in [-0.39, 0.29) is 11.8 Å². The van der Waals surface area contributed by atoms with Gasteiger partial charge >= 0.3 is 6.03 Å². The molecule has 0 saturated heterocycles. The van der Waals surface area contributed by atoms with Crippen LogP contribution in [-0.4, -0.2) is 18.0 Å². The Bertz CT molecular complexity index is 719. The smallest absolute Gasteiger partial charge is 0.312 e. The minimum absolute atomic E-state index is 0.0451. The summed E-state index contributed by atoms with van der Waals surface area (Å²) < 4.78 is 5.75. The third kappa shape index (κ3) is 5.53. The second kappa shape index (κ2) is 8.73. The van der Waals surface area contributed by atoms with Gasteiger partial charge in [-0.3, -0.25) is 4.79 Å². The highest BCUT2D eigenvalue weighted by molar-refractivity contribution is 5.97. The number of urea groups is 1. The Kier molecular flexibility index (Phi) is 6.39. The Hall–Kier alpha value is -3.02. The summed E-state index contributed by atoms with van der Waals surface area (Å²) in [7, 11) is 0.